The first kappa shape index (κ1) is 15.7. The van der Waals surface area contributed by atoms with Crippen molar-refractivity contribution in [2.24, 2.45) is 0 Å². The molecular weight excluding hydrogens is 268 g/mol. The second-order valence-corrected chi connectivity index (χ2v) is 6.41. The van der Waals surface area contributed by atoms with Crippen LogP contribution in [0.15, 0.2) is 6.07 Å². The summed E-state index contributed by atoms with van der Waals surface area (Å²) < 4.78 is 5.49. The van der Waals surface area contributed by atoms with Crippen LogP contribution in [-0.2, 0) is 4.74 Å². The highest BCUT2D eigenvalue weighted by molar-refractivity contribution is 5.92. The van der Waals surface area contributed by atoms with Gasteiger partial charge in [0.25, 0.3) is 5.91 Å². The molecule has 1 amide bonds. The smallest absolute Gasteiger partial charge is 0.270 e. The van der Waals surface area contributed by atoms with Crippen LogP contribution in [0.3, 0.4) is 0 Å². The van der Waals surface area contributed by atoms with Crippen LogP contribution in [0, 0.1) is 6.92 Å². The second-order valence-electron chi connectivity index (χ2n) is 6.41. The predicted octanol–water partition coefficient (Wildman–Crippen LogP) is 1.90. The Morgan fingerprint density at radius 1 is 1.43 bits per heavy atom. The van der Waals surface area contributed by atoms with E-state index in [1.165, 1.54) is 0 Å². The number of carbonyl (C=O) groups is 1. The van der Waals surface area contributed by atoms with Crippen molar-refractivity contribution in [1.29, 1.82) is 0 Å². The van der Waals surface area contributed by atoms with Gasteiger partial charge in [-0.1, -0.05) is 0 Å². The Labute approximate surface area is 125 Å². The third kappa shape index (κ3) is 4.97. The van der Waals surface area contributed by atoms with E-state index < -0.39 is 0 Å². The Balaban J connectivity index is 2.02. The monoisotopic (exact) mass is 292 g/mol. The Hall–Kier alpha value is -1.69. The maximum Gasteiger partial charge on any atom is 0.270 e. The van der Waals surface area contributed by atoms with Crippen LogP contribution in [0.2, 0.25) is 0 Å². The predicted molar refractivity (Wildman–Crippen MR) is 81.5 cm³/mol. The topological polar surface area (TPSA) is 76.1 Å². The normalized spacial score (nSPS) is 18.6. The maximum atomic E-state index is 12.2. The Kier molecular flexibility index (Phi) is 4.77. The standard InChI is InChI=1S/C15H24N4O2/c1-10-17-12(8-13(18-10)19-15(2,3)4)14(20)16-9-11-6-5-7-21-11/h8,11H,5-7,9H2,1-4H3,(H,16,20)(H,17,18,19). The molecule has 0 aromatic carbocycles. The molecule has 116 valence electrons. The molecule has 0 spiro atoms. The lowest BCUT2D eigenvalue weighted by Crippen LogP contribution is -2.33. The van der Waals surface area contributed by atoms with Gasteiger partial charge in [0.05, 0.1) is 6.10 Å². The summed E-state index contributed by atoms with van der Waals surface area (Å²) in [6.45, 7) is 9.23. The minimum atomic E-state index is -0.187. The number of nitrogens with zero attached hydrogens (tertiary/aromatic N) is 2. The molecule has 0 aliphatic carbocycles. The molecule has 21 heavy (non-hydrogen) atoms. The molecule has 1 saturated heterocycles. The molecular formula is C15H24N4O2. The zero-order valence-corrected chi connectivity index (χ0v) is 13.2. The van der Waals surface area contributed by atoms with E-state index in [-0.39, 0.29) is 17.6 Å². The number of anilines is 1. The summed E-state index contributed by atoms with van der Waals surface area (Å²) >= 11 is 0. The SMILES string of the molecule is Cc1nc(NC(C)(C)C)cc(C(=O)NCC2CCCO2)n1. The fourth-order valence-corrected chi connectivity index (χ4v) is 2.23. The molecule has 0 bridgehead atoms. The number of hydrogen-bond acceptors (Lipinski definition) is 5. The molecule has 1 aromatic heterocycles. The van der Waals surface area contributed by atoms with E-state index in [2.05, 4.69) is 20.6 Å². The van der Waals surface area contributed by atoms with Crippen molar-refractivity contribution in [3.05, 3.63) is 17.6 Å². The zero-order valence-electron chi connectivity index (χ0n) is 13.2. The van der Waals surface area contributed by atoms with E-state index in [9.17, 15) is 4.79 Å². The van der Waals surface area contributed by atoms with Gasteiger partial charge in [-0.05, 0) is 40.5 Å². The van der Waals surface area contributed by atoms with Crippen LogP contribution in [-0.4, -0.2) is 40.7 Å². The van der Waals surface area contributed by atoms with E-state index in [0.29, 0.717) is 23.9 Å². The minimum absolute atomic E-state index is 0.119. The Morgan fingerprint density at radius 3 is 2.81 bits per heavy atom. The van der Waals surface area contributed by atoms with Crippen LogP contribution in [0.5, 0.6) is 0 Å². The molecule has 1 atom stereocenters. The summed E-state index contributed by atoms with van der Waals surface area (Å²) in [5.41, 5.74) is 0.263. The van der Waals surface area contributed by atoms with Gasteiger partial charge in [0, 0.05) is 24.8 Å². The number of nitrogens with one attached hydrogen (secondary N) is 2. The Bertz CT molecular complexity index is 505. The summed E-state index contributed by atoms with van der Waals surface area (Å²) in [6.07, 6.45) is 2.19. The maximum absolute atomic E-state index is 12.2. The molecule has 1 aliphatic rings. The van der Waals surface area contributed by atoms with Gasteiger partial charge in [0.2, 0.25) is 0 Å². The van der Waals surface area contributed by atoms with Crippen LogP contribution in [0.25, 0.3) is 0 Å². The van der Waals surface area contributed by atoms with Crippen molar-refractivity contribution in [2.45, 2.75) is 52.2 Å². The summed E-state index contributed by atoms with van der Waals surface area (Å²) in [5.74, 6) is 1.05. The van der Waals surface area contributed by atoms with E-state index in [0.717, 1.165) is 19.4 Å². The molecule has 1 unspecified atom stereocenters. The van der Waals surface area contributed by atoms with Crippen LogP contribution >= 0.6 is 0 Å². The number of amides is 1. The molecule has 0 radical (unpaired) electrons. The zero-order chi connectivity index (χ0) is 15.5. The minimum Gasteiger partial charge on any atom is -0.376 e. The molecule has 1 aliphatic heterocycles. The Morgan fingerprint density at radius 2 is 2.19 bits per heavy atom. The van der Waals surface area contributed by atoms with Gasteiger partial charge >= 0.3 is 0 Å². The first-order chi connectivity index (χ1) is 9.83. The highest BCUT2D eigenvalue weighted by Gasteiger charge is 2.18. The fourth-order valence-electron chi connectivity index (χ4n) is 2.23. The summed E-state index contributed by atoms with van der Waals surface area (Å²) in [5, 5.41) is 6.13. The number of rotatable bonds is 4. The van der Waals surface area contributed by atoms with Crippen molar-refractivity contribution >= 4 is 11.7 Å². The van der Waals surface area contributed by atoms with Gasteiger partial charge < -0.3 is 15.4 Å². The largest absolute Gasteiger partial charge is 0.376 e. The highest BCUT2D eigenvalue weighted by Crippen LogP contribution is 2.14. The lowest BCUT2D eigenvalue weighted by atomic mass is 10.1. The fraction of sp³-hybridized carbons (Fsp3) is 0.667. The van der Waals surface area contributed by atoms with E-state index in [1.54, 1.807) is 13.0 Å². The van der Waals surface area contributed by atoms with E-state index in [1.807, 2.05) is 20.8 Å². The summed E-state index contributed by atoms with van der Waals surface area (Å²) in [7, 11) is 0. The summed E-state index contributed by atoms with van der Waals surface area (Å²) in [4.78, 5) is 20.7. The van der Waals surface area contributed by atoms with Gasteiger partial charge in [-0.25, -0.2) is 9.97 Å². The third-order valence-corrected chi connectivity index (χ3v) is 3.09. The molecule has 2 heterocycles. The van der Waals surface area contributed by atoms with Crippen LogP contribution in [0.4, 0.5) is 5.82 Å². The lowest BCUT2D eigenvalue weighted by Gasteiger charge is -2.21. The molecule has 2 N–H and O–H groups in total. The quantitative estimate of drug-likeness (QED) is 0.886. The van der Waals surface area contributed by atoms with E-state index in [4.69, 9.17) is 4.74 Å². The first-order valence-electron chi connectivity index (χ1n) is 7.37. The van der Waals surface area contributed by atoms with Crippen molar-refractivity contribution in [1.82, 2.24) is 15.3 Å². The first-order valence-corrected chi connectivity index (χ1v) is 7.37. The number of aryl methyl sites for hydroxylation is 1. The molecule has 6 heteroatoms. The highest BCUT2D eigenvalue weighted by atomic mass is 16.5. The van der Waals surface area contributed by atoms with Crippen LogP contribution in [0.1, 0.15) is 49.9 Å². The molecule has 2 rings (SSSR count). The average Bonchev–Trinajstić information content (AvgIpc) is 2.86. The van der Waals surface area contributed by atoms with Crippen molar-refractivity contribution in [2.75, 3.05) is 18.5 Å². The number of aromatic nitrogens is 2. The lowest BCUT2D eigenvalue weighted by molar-refractivity contribution is 0.0853. The van der Waals surface area contributed by atoms with Crippen molar-refractivity contribution in [3.8, 4) is 0 Å². The summed E-state index contributed by atoms with van der Waals surface area (Å²) in [6, 6.07) is 1.68. The third-order valence-electron chi connectivity index (χ3n) is 3.09. The number of carbonyl (C=O) groups excluding carboxylic acids is 1. The molecule has 1 fully saturated rings. The number of hydrogen-bond donors (Lipinski definition) is 2. The van der Waals surface area contributed by atoms with Gasteiger partial charge in [-0.2, -0.15) is 0 Å². The van der Waals surface area contributed by atoms with Crippen molar-refractivity contribution < 1.29 is 9.53 Å². The van der Waals surface area contributed by atoms with Gasteiger partial charge in [-0.3, -0.25) is 4.79 Å². The van der Waals surface area contributed by atoms with Crippen LogP contribution < -0.4 is 10.6 Å². The second kappa shape index (κ2) is 6.39. The molecule has 1 aromatic rings. The molecule has 0 saturated carbocycles. The van der Waals surface area contributed by atoms with Gasteiger partial charge in [0.15, 0.2) is 0 Å². The van der Waals surface area contributed by atoms with Gasteiger partial charge in [0.1, 0.15) is 17.3 Å². The number of ether oxygens (including phenoxy) is 1. The molecule has 6 nitrogen and oxygen atoms in total. The van der Waals surface area contributed by atoms with Crippen molar-refractivity contribution in [3.63, 3.8) is 0 Å². The van der Waals surface area contributed by atoms with E-state index >= 15 is 0 Å². The van der Waals surface area contributed by atoms with Gasteiger partial charge in [-0.15, -0.1) is 0 Å². The average molecular weight is 292 g/mol.